The molecule has 0 bridgehead atoms. The lowest BCUT2D eigenvalue weighted by molar-refractivity contribution is 0.143. The molecule has 4 heterocycles. The largest absolute Gasteiger partial charge is 0.511 e. The predicted octanol–water partition coefficient (Wildman–Crippen LogP) is 3.30. The van der Waals surface area contributed by atoms with Gasteiger partial charge in [-0.25, -0.2) is 4.79 Å². The van der Waals surface area contributed by atoms with Crippen molar-refractivity contribution in [3.05, 3.63) is 76.4 Å². The molecule has 33 heavy (non-hydrogen) atoms. The average Bonchev–Trinajstić information content (AvgIpc) is 3.25. The minimum Gasteiger partial charge on any atom is -0.449 e. The van der Waals surface area contributed by atoms with Gasteiger partial charge in [0.2, 0.25) is 5.76 Å². The zero-order chi connectivity index (χ0) is 22.9. The van der Waals surface area contributed by atoms with Gasteiger partial charge >= 0.3 is 6.16 Å². The van der Waals surface area contributed by atoms with Crippen molar-refractivity contribution in [1.29, 1.82) is 5.26 Å². The van der Waals surface area contributed by atoms with E-state index in [0.717, 1.165) is 48.3 Å². The van der Waals surface area contributed by atoms with E-state index in [1.165, 1.54) is 10.5 Å². The molecule has 1 aromatic carbocycles. The quantitative estimate of drug-likeness (QED) is 0.477. The molecule has 0 aliphatic carbocycles. The van der Waals surface area contributed by atoms with Gasteiger partial charge in [0.1, 0.15) is 11.7 Å². The summed E-state index contributed by atoms with van der Waals surface area (Å²) in [6, 6.07) is 16.6. The lowest BCUT2D eigenvalue weighted by Gasteiger charge is -2.36. The predicted molar refractivity (Wildman–Crippen MR) is 121 cm³/mol. The first-order chi connectivity index (χ1) is 16.0. The van der Waals surface area contributed by atoms with Crippen molar-refractivity contribution >= 4 is 28.3 Å². The zero-order valence-corrected chi connectivity index (χ0v) is 17.6. The summed E-state index contributed by atoms with van der Waals surface area (Å²) < 4.78 is 11.6. The number of benzene rings is 1. The Kier molecular flexibility index (Phi) is 5.20. The van der Waals surface area contributed by atoms with Gasteiger partial charge in [0.05, 0.1) is 5.52 Å². The number of aromatic nitrogens is 1. The number of pyridine rings is 2. The Labute approximate surface area is 188 Å². The Balaban J connectivity index is 1.34. The van der Waals surface area contributed by atoms with Crippen LogP contribution in [0.25, 0.3) is 16.5 Å². The SMILES string of the molecule is N#Cc1cc2cc(N3CCN(Cc4cc(OC(=O)O)c(=O)n5ccccc45)CC3)ccc2o1. The van der Waals surface area contributed by atoms with Crippen LogP contribution in [0.5, 0.6) is 5.75 Å². The topological polar surface area (TPSA) is 111 Å². The molecule has 1 aliphatic heterocycles. The average molecular weight is 444 g/mol. The van der Waals surface area contributed by atoms with E-state index in [4.69, 9.17) is 19.5 Å². The molecule has 1 saturated heterocycles. The highest BCUT2D eigenvalue weighted by molar-refractivity contribution is 5.82. The third-order valence-corrected chi connectivity index (χ3v) is 5.86. The molecule has 3 aromatic heterocycles. The molecule has 0 atom stereocenters. The third-order valence-electron chi connectivity index (χ3n) is 5.86. The van der Waals surface area contributed by atoms with Crippen LogP contribution in [0.4, 0.5) is 10.5 Å². The van der Waals surface area contributed by atoms with Gasteiger partial charge in [-0.3, -0.25) is 14.1 Å². The summed E-state index contributed by atoms with van der Waals surface area (Å²) in [5.74, 6) is 0.0948. The van der Waals surface area contributed by atoms with Gasteiger partial charge in [-0.1, -0.05) is 6.07 Å². The van der Waals surface area contributed by atoms with Gasteiger partial charge in [0.15, 0.2) is 5.75 Å². The minimum absolute atomic E-state index is 0.204. The standard InChI is InChI=1S/C24H20N4O5/c25-14-19-12-16-11-18(4-5-21(16)32-19)27-9-7-26(8-10-27)15-17-13-22(33-24(30)31)23(29)28-6-2-1-3-20(17)28/h1-6,11-13H,7-10,15H2,(H,30,31). The van der Waals surface area contributed by atoms with E-state index >= 15 is 0 Å². The molecule has 0 radical (unpaired) electrons. The minimum atomic E-state index is -1.51. The lowest BCUT2D eigenvalue weighted by Crippen LogP contribution is -2.46. The fraction of sp³-hybridized carbons (Fsp3) is 0.208. The third kappa shape index (κ3) is 4.00. The number of furan rings is 1. The fourth-order valence-corrected chi connectivity index (χ4v) is 4.28. The van der Waals surface area contributed by atoms with Crippen LogP contribution >= 0.6 is 0 Å². The number of hydrogen-bond acceptors (Lipinski definition) is 7. The maximum Gasteiger partial charge on any atom is 0.511 e. The van der Waals surface area contributed by atoms with Crippen LogP contribution in [-0.4, -0.2) is 46.7 Å². The van der Waals surface area contributed by atoms with Gasteiger partial charge in [0, 0.05) is 56.1 Å². The van der Waals surface area contributed by atoms with Crippen molar-refractivity contribution in [1.82, 2.24) is 9.30 Å². The molecule has 1 aliphatic rings. The monoisotopic (exact) mass is 444 g/mol. The second-order valence-electron chi connectivity index (χ2n) is 7.87. The molecule has 0 spiro atoms. The van der Waals surface area contributed by atoms with Crippen LogP contribution in [0.2, 0.25) is 0 Å². The Bertz CT molecular complexity index is 1460. The van der Waals surface area contributed by atoms with Crippen LogP contribution in [0.15, 0.2) is 63.9 Å². The Morgan fingerprint density at radius 1 is 1.12 bits per heavy atom. The Morgan fingerprint density at radius 2 is 1.94 bits per heavy atom. The van der Waals surface area contributed by atoms with Gasteiger partial charge in [-0.15, -0.1) is 0 Å². The summed E-state index contributed by atoms with van der Waals surface area (Å²) in [6.07, 6.45) is 0.0939. The van der Waals surface area contributed by atoms with Crippen molar-refractivity contribution < 1.29 is 19.1 Å². The van der Waals surface area contributed by atoms with Crippen molar-refractivity contribution in [2.45, 2.75) is 6.54 Å². The van der Waals surface area contributed by atoms with E-state index < -0.39 is 11.7 Å². The number of rotatable bonds is 4. The number of carbonyl (C=O) groups is 1. The number of nitrogens with zero attached hydrogens (tertiary/aromatic N) is 4. The second-order valence-corrected chi connectivity index (χ2v) is 7.87. The highest BCUT2D eigenvalue weighted by Gasteiger charge is 2.20. The van der Waals surface area contributed by atoms with E-state index in [9.17, 15) is 9.59 Å². The first-order valence-corrected chi connectivity index (χ1v) is 10.5. The molecule has 0 unspecified atom stereocenters. The number of fused-ring (bicyclic) bond motifs is 2. The molecule has 1 fully saturated rings. The van der Waals surface area contributed by atoms with E-state index in [1.54, 1.807) is 18.3 Å². The summed E-state index contributed by atoms with van der Waals surface area (Å²) in [5, 5.41) is 18.9. The molecule has 0 amide bonds. The normalized spacial score (nSPS) is 14.5. The maximum atomic E-state index is 12.6. The number of nitriles is 1. The zero-order valence-electron chi connectivity index (χ0n) is 17.6. The highest BCUT2D eigenvalue weighted by Crippen LogP contribution is 2.26. The molecule has 5 rings (SSSR count). The van der Waals surface area contributed by atoms with E-state index in [-0.39, 0.29) is 5.75 Å². The van der Waals surface area contributed by atoms with E-state index in [0.29, 0.717) is 17.9 Å². The second kappa shape index (κ2) is 8.33. The van der Waals surface area contributed by atoms with E-state index in [1.807, 2.05) is 36.4 Å². The molecule has 1 N–H and O–H groups in total. The molecule has 0 saturated carbocycles. The fourth-order valence-electron chi connectivity index (χ4n) is 4.28. The van der Waals surface area contributed by atoms with Crippen LogP contribution in [0.3, 0.4) is 0 Å². The number of carboxylic acid groups (broad SMARTS) is 1. The van der Waals surface area contributed by atoms with Gasteiger partial charge < -0.3 is 19.2 Å². The van der Waals surface area contributed by atoms with Gasteiger partial charge in [-0.05, 0) is 42.0 Å². The van der Waals surface area contributed by atoms with Crippen LogP contribution in [0.1, 0.15) is 11.3 Å². The molecule has 166 valence electrons. The van der Waals surface area contributed by atoms with Crippen molar-refractivity contribution in [2.24, 2.45) is 0 Å². The summed E-state index contributed by atoms with van der Waals surface area (Å²) in [4.78, 5) is 28.1. The lowest BCUT2D eigenvalue weighted by atomic mass is 10.1. The van der Waals surface area contributed by atoms with Crippen LogP contribution < -0.4 is 15.2 Å². The molecule has 9 heteroatoms. The van der Waals surface area contributed by atoms with Crippen LogP contribution in [0, 0.1) is 11.3 Å². The number of ether oxygens (including phenoxy) is 1. The van der Waals surface area contributed by atoms with Crippen molar-refractivity contribution in [3.8, 4) is 11.8 Å². The first-order valence-electron chi connectivity index (χ1n) is 10.5. The summed E-state index contributed by atoms with van der Waals surface area (Å²) in [6.45, 7) is 3.75. The molecular formula is C24H20N4O5. The summed E-state index contributed by atoms with van der Waals surface area (Å²) in [7, 11) is 0. The molecule has 9 nitrogen and oxygen atoms in total. The number of piperazine rings is 1. The van der Waals surface area contributed by atoms with Crippen LogP contribution in [-0.2, 0) is 6.54 Å². The van der Waals surface area contributed by atoms with Crippen molar-refractivity contribution in [2.75, 3.05) is 31.1 Å². The van der Waals surface area contributed by atoms with E-state index in [2.05, 4.69) is 9.80 Å². The molecular weight excluding hydrogens is 424 g/mol. The highest BCUT2D eigenvalue weighted by atomic mass is 16.7. The van der Waals surface area contributed by atoms with Gasteiger partial charge in [-0.2, -0.15) is 5.26 Å². The number of hydrogen-bond donors (Lipinski definition) is 1. The summed E-state index contributed by atoms with van der Waals surface area (Å²) >= 11 is 0. The summed E-state index contributed by atoms with van der Waals surface area (Å²) in [5.41, 5.74) is 2.81. The Hall–Kier alpha value is -4.29. The Morgan fingerprint density at radius 3 is 2.70 bits per heavy atom. The van der Waals surface area contributed by atoms with Crippen molar-refractivity contribution in [3.63, 3.8) is 0 Å². The smallest absolute Gasteiger partial charge is 0.449 e. The van der Waals surface area contributed by atoms with Gasteiger partial charge in [0.25, 0.3) is 5.56 Å². The first kappa shape index (κ1) is 20.6. The maximum absolute atomic E-state index is 12.6. The number of anilines is 1. The molecule has 4 aromatic rings.